The zero-order valence-corrected chi connectivity index (χ0v) is 11.7. The summed E-state index contributed by atoms with van der Waals surface area (Å²) in [6.45, 7) is 2.06. The molecule has 0 aliphatic heterocycles. The van der Waals surface area contributed by atoms with Gasteiger partial charge in [0.15, 0.2) is 11.6 Å². The molecule has 100 valence electrons. The predicted octanol–water partition coefficient (Wildman–Crippen LogP) is 3.38. The van der Waals surface area contributed by atoms with E-state index in [0.29, 0.717) is 5.88 Å². The van der Waals surface area contributed by atoms with Crippen LogP contribution in [0, 0.1) is 6.92 Å². The van der Waals surface area contributed by atoms with E-state index < -0.39 is 0 Å². The number of halogens is 1. The Morgan fingerprint density at radius 1 is 1.05 bits per heavy atom. The van der Waals surface area contributed by atoms with Gasteiger partial charge in [0.1, 0.15) is 0 Å². The number of rotatable bonds is 3. The standard InChI is InChI=1S/C15H13ClN4/c1-11-4-2-3-5-13(11)20-14(10-16)18-19-15(20)12-6-8-17-9-7-12/h2-9H,10H2,1H3. The number of nitrogens with zero attached hydrogens (tertiary/aromatic N) is 4. The van der Waals surface area contributed by atoms with Crippen LogP contribution in [0.3, 0.4) is 0 Å². The molecule has 3 rings (SSSR count). The molecule has 0 fully saturated rings. The third kappa shape index (κ3) is 2.18. The van der Waals surface area contributed by atoms with E-state index in [4.69, 9.17) is 11.6 Å². The Labute approximate surface area is 122 Å². The molecule has 0 unspecified atom stereocenters. The fraction of sp³-hybridized carbons (Fsp3) is 0.133. The van der Waals surface area contributed by atoms with Crippen LogP contribution >= 0.6 is 11.6 Å². The average Bonchev–Trinajstić information content (AvgIpc) is 2.92. The molecule has 4 nitrogen and oxygen atoms in total. The molecule has 1 aromatic carbocycles. The summed E-state index contributed by atoms with van der Waals surface area (Å²) in [7, 11) is 0. The smallest absolute Gasteiger partial charge is 0.168 e. The lowest BCUT2D eigenvalue weighted by atomic mass is 10.2. The summed E-state index contributed by atoms with van der Waals surface area (Å²) in [6.07, 6.45) is 3.49. The SMILES string of the molecule is Cc1ccccc1-n1c(CCl)nnc1-c1ccncc1. The van der Waals surface area contributed by atoms with E-state index in [2.05, 4.69) is 28.2 Å². The highest BCUT2D eigenvalue weighted by atomic mass is 35.5. The topological polar surface area (TPSA) is 43.6 Å². The third-order valence-electron chi connectivity index (χ3n) is 3.14. The molecule has 5 heteroatoms. The fourth-order valence-electron chi connectivity index (χ4n) is 2.16. The fourth-order valence-corrected chi connectivity index (χ4v) is 2.33. The van der Waals surface area contributed by atoms with Gasteiger partial charge in [0, 0.05) is 18.0 Å². The van der Waals surface area contributed by atoms with Gasteiger partial charge < -0.3 is 0 Å². The van der Waals surface area contributed by atoms with Crippen LogP contribution in [0.4, 0.5) is 0 Å². The van der Waals surface area contributed by atoms with Crippen LogP contribution < -0.4 is 0 Å². The lowest BCUT2D eigenvalue weighted by molar-refractivity contribution is 0.946. The van der Waals surface area contributed by atoms with Crippen LogP contribution in [0.25, 0.3) is 17.1 Å². The number of benzene rings is 1. The quantitative estimate of drug-likeness (QED) is 0.693. The summed E-state index contributed by atoms with van der Waals surface area (Å²) in [4.78, 5) is 4.03. The Morgan fingerprint density at radius 2 is 1.80 bits per heavy atom. The number of aromatic nitrogens is 4. The van der Waals surface area contributed by atoms with Gasteiger partial charge in [-0.2, -0.15) is 0 Å². The van der Waals surface area contributed by atoms with Gasteiger partial charge in [-0.3, -0.25) is 9.55 Å². The van der Waals surface area contributed by atoms with Gasteiger partial charge >= 0.3 is 0 Å². The zero-order chi connectivity index (χ0) is 13.9. The van der Waals surface area contributed by atoms with Gasteiger partial charge in [-0.25, -0.2) is 0 Å². The Balaban J connectivity index is 2.24. The van der Waals surface area contributed by atoms with Crippen molar-refractivity contribution < 1.29 is 0 Å². The maximum atomic E-state index is 6.00. The van der Waals surface area contributed by atoms with Crippen molar-refractivity contribution in [1.82, 2.24) is 19.7 Å². The summed E-state index contributed by atoms with van der Waals surface area (Å²) >= 11 is 6.00. The van der Waals surface area contributed by atoms with Crippen LogP contribution in [0.2, 0.25) is 0 Å². The van der Waals surface area contributed by atoms with Crippen LogP contribution in [0.1, 0.15) is 11.4 Å². The molecule has 0 saturated heterocycles. The Kier molecular flexibility index (Phi) is 3.48. The first kappa shape index (κ1) is 12.8. The van der Waals surface area contributed by atoms with Gasteiger partial charge in [0.05, 0.1) is 11.6 Å². The molecule has 0 bridgehead atoms. The number of pyridine rings is 1. The van der Waals surface area contributed by atoms with Crippen molar-refractivity contribution in [3.63, 3.8) is 0 Å². The Bertz CT molecular complexity index is 722. The van der Waals surface area contributed by atoms with E-state index in [9.17, 15) is 0 Å². The molecular weight excluding hydrogens is 272 g/mol. The predicted molar refractivity (Wildman–Crippen MR) is 78.9 cm³/mol. The summed E-state index contributed by atoms with van der Waals surface area (Å²) in [5, 5.41) is 8.46. The van der Waals surface area contributed by atoms with Crippen molar-refractivity contribution in [3.8, 4) is 17.1 Å². The van der Waals surface area contributed by atoms with Crippen molar-refractivity contribution in [2.75, 3.05) is 0 Å². The minimum absolute atomic E-state index is 0.312. The normalized spacial score (nSPS) is 10.7. The van der Waals surface area contributed by atoms with E-state index in [1.807, 2.05) is 34.9 Å². The summed E-state index contributed by atoms with van der Waals surface area (Å²) in [5.41, 5.74) is 3.15. The molecule has 2 aromatic heterocycles. The van der Waals surface area contributed by atoms with Crippen molar-refractivity contribution in [3.05, 3.63) is 60.2 Å². The largest absolute Gasteiger partial charge is 0.278 e. The van der Waals surface area contributed by atoms with Gasteiger partial charge in [-0.05, 0) is 30.7 Å². The first-order chi connectivity index (χ1) is 9.81. The molecule has 3 aromatic rings. The Hall–Kier alpha value is -2.20. The number of aryl methyl sites for hydroxylation is 1. The third-order valence-corrected chi connectivity index (χ3v) is 3.38. The van der Waals surface area contributed by atoms with Gasteiger partial charge in [0.25, 0.3) is 0 Å². The number of hydrogen-bond acceptors (Lipinski definition) is 3. The highest BCUT2D eigenvalue weighted by Crippen LogP contribution is 2.24. The summed E-state index contributed by atoms with van der Waals surface area (Å²) in [5.74, 6) is 1.82. The van der Waals surface area contributed by atoms with Crippen molar-refractivity contribution in [2.24, 2.45) is 0 Å². The van der Waals surface area contributed by atoms with Gasteiger partial charge in [0.2, 0.25) is 0 Å². The molecular formula is C15H13ClN4. The number of para-hydroxylation sites is 1. The zero-order valence-electron chi connectivity index (χ0n) is 11.0. The molecule has 0 amide bonds. The lowest BCUT2D eigenvalue weighted by Crippen LogP contribution is -2.03. The van der Waals surface area contributed by atoms with E-state index >= 15 is 0 Å². The average molecular weight is 285 g/mol. The molecule has 0 saturated carbocycles. The van der Waals surface area contributed by atoms with Crippen molar-refractivity contribution in [1.29, 1.82) is 0 Å². The summed E-state index contributed by atoms with van der Waals surface area (Å²) < 4.78 is 2.00. The second-order valence-electron chi connectivity index (χ2n) is 4.43. The van der Waals surface area contributed by atoms with Gasteiger partial charge in [-0.1, -0.05) is 18.2 Å². The molecule has 2 heterocycles. The molecule has 0 radical (unpaired) electrons. The highest BCUT2D eigenvalue weighted by molar-refractivity contribution is 6.16. The first-order valence-corrected chi connectivity index (χ1v) is 6.81. The van der Waals surface area contributed by atoms with E-state index in [1.54, 1.807) is 12.4 Å². The number of alkyl halides is 1. The van der Waals surface area contributed by atoms with E-state index in [-0.39, 0.29) is 0 Å². The van der Waals surface area contributed by atoms with E-state index in [1.165, 1.54) is 0 Å². The highest BCUT2D eigenvalue weighted by Gasteiger charge is 2.15. The van der Waals surface area contributed by atoms with Crippen LogP contribution in [0.5, 0.6) is 0 Å². The van der Waals surface area contributed by atoms with Gasteiger partial charge in [-0.15, -0.1) is 21.8 Å². The molecule has 0 atom stereocenters. The summed E-state index contributed by atoms with van der Waals surface area (Å²) in [6, 6.07) is 11.9. The molecule has 20 heavy (non-hydrogen) atoms. The maximum Gasteiger partial charge on any atom is 0.168 e. The van der Waals surface area contributed by atoms with Crippen molar-refractivity contribution >= 4 is 11.6 Å². The minimum atomic E-state index is 0.312. The van der Waals surface area contributed by atoms with Crippen LogP contribution in [-0.4, -0.2) is 19.7 Å². The molecule has 0 aliphatic rings. The number of hydrogen-bond donors (Lipinski definition) is 0. The second-order valence-corrected chi connectivity index (χ2v) is 4.70. The molecule has 0 spiro atoms. The van der Waals surface area contributed by atoms with Crippen LogP contribution in [-0.2, 0) is 5.88 Å². The maximum absolute atomic E-state index is 6.00. The van der Waals surface area contributed by atoms with E-state index in [0.717, 1.165) is 28.5 Å². The lowest BCUT2D eigenvalue weighted by Gasteiger charge is -2.11. The first-order valence-electron chi connectivity index (χ1n) is 6.28. The Morgan fingerprint density at radius 3 is 2.50 bits per heavy atom. The molecule has 0 aliphatic carbocycles. The van der Waals surface area contributed by atoms with Crippen LogP contribution in [0.15, 0.2) is 48.8 Å². The van der Waals surface area contributed by atoms with Crippen molar-refractivity contribution in [2.45, 2.75) is 12.8 Å². The minimum Gasteiger partial charge on any atom is -0.278 e. The second kappa shape index (κ2) is 5.43. The molecule has 0 N–H and O–H groups in total. The monoisotopic (exact) mass is 284 g/mol.